The smallest absolute Gasteiger partial charge is 0.242 e. The maximum Gasteiger partial charge on any atom is 0.242 e. The van der Waals surface area contributed by atoms with Crippen LogP contribution in [0.4, 0.5) is 5.69 Å². The molecule has 0 spiro atoms. The molecule has 2 saturated heterocycles. The van der Waals surface area contributed by atoms with Gasteiger partial charge in [-0.25, -0.2) is 0 Å². The summed E-state index contributed by atoms with van der Waals surface area (Å²) < 4.78 is 6.20. The largest absolute Gasteiger partial charge is 0.455 e. The van der Waals surface area contributed by atoms with E-state index in [0.717, 1.165) is 81.2 Å². The first-order valence-corrected chi connectivity index (χ1v) is 15.0. The van der Waals surface area contributed by atoms with Crippen LogP contribution in [0.25, 0.3) is 0 Å². The average molecular weight is 555 g/mol. The van der Waals surface area contributed by atoms with Crippen molar-refractivity contribution in [3.05, 3.63) is 90.5 Å². The van der Waals surface area contributed by atoms with Crippen molar-refractivity contribution in [2.24, 2.45) is 0 Å². The van der Waals surface area contributed by atoms with Gasteiger partial charge in [0.05, 0.1) is 12.2 Å². The van der Waals surface area contributed by atoms with Crippen molar-refractivity contribution in [3.8, 4) is 11.5 Å². The number of piperazine rings is 1. The van der Waals surface area contributed by atoms with Gasteiger partial charge in [-0.2, -0.15) is 0 Å². The number of benzene rings is 3. The Labute approximate surface area is 244 Å². The van der Waals surface area contributed by atoms with Crippen LogP contribution >= 0.6 is 0 Å². The van der Waals surface area contributed by atoms with E-state index in [2.05, 4.69) is 34.1 Å². The SMILES string of the molecule is O=C1CCCCCN1CC(=O)N(CCCN1CCN(c2ccccc2Oc2ccccc2)CC1)Cc1ccccc1. The quantitative estimate of drug-likeness (QED) is 0.317. The van der Waals surface area contributed by atoms with Gasteiger partial charge in [-0.15, -0.1) is 0 Å². The lowest BCUT2D eigenvalue weighted by Gasteiger charge is -2.37. The van der Waals surface area contributed by atoms with E-state index in [9.17, 15) is 9.59 Å². The van der Waals surface area contributed by atoms with Gasteiger partial charge in [0, 0.05) is 52.2 Å². The van der Waals surface area contributed by atoms with E-state index in [0.29, 0.717) is 26.1 Å². The Morgan fingerprint density at radius 2 is 1.49 bits per heavy atom. The van der Waals surface area contributed by atoms with Gasteiger partial charge in [0.2, 0.25) is 11.8 Å². The molecular weight excluding hydrogens is 512 g/mol. The number of carbonyl (C=O) groups is 2. The highest BCUT2D eigenvalue weighted by Gasteiger charge is 2.24. The third kappa shape index (κ3) is 8.33. The molecule has 2 amide bonds. The van der Waals surface area contributed by atoms with Crippen LogP contribution < -0.4 is 9.64 Å². The summed E-state index contributed by atoms with van der Waals surface area (Å²) in [6, 6.07) is 28.3. The van der Waals surface area contributed by atoms with Gasteiger partial charge in [-0.3, -0.25) is 14.5 Å². The van der Waals surface area contributed by atoms with Crippen LogP contribution in [0.15, 0.2) is 84.9 Å². The molecule has 5 rings (SSSR count). The van der Waals surface area contributed by atoms with Crippen LogP contribution in [-0.2, 0) is 16.1 Å². The highest BCUT2D eigenvalue weighted by atomic mass is 16.5. The third-order valence-electron chi connectivity index (χ3n) is 8.02. The molecule has 0 saturated carbocycles. The van der Waals surface area contributed by atoms with Crippen molar-refractivity contribution in [1.29, 1.82) is 0 Å². The standard InChI is InChI=1S/C34H42N4O3/c39-33-19-8-3-11-21-38(33)28-34(40)37(27-29-13-4-1-5-14-29)22-12-20-35-23-25-36(26-24-35)31-17-9-10-18-32(31)41-30-15-6-2-7-16-30/h1-2,4-7,9-10,13-18H,3,8,11-12,19-28H2. The highest BCUT2D eigenvalue weighted by molar-refractivity contribution is 5.85. The summed E-state index contributed by atoms with van der Waals surface area (Å²) in [6.07, 6.45) is 4.42. The fraction of sp³-hybridized carbons (Fsp3) is 0.412. The molecule has 0 bridgehead atoms. The molecule has 41 heavy (non-hydrogen) atoms. The average Bonchev–Trinajstić information content (AvgIpc) is 3.22. The molecule has 0 atom stereocenters. The normalized spacial score (nSPS) is 16.3. The Kier molecular flexibility index (Phi) is 10.3. The Balaban J connectivity index is 1.13. The van der Waals surface area contributed by atoms with Gasteiger partial charge in [0.1, 0.15) is 5.75 Å². The number of hydrogen-bond acceptors (Lipinski definition) is 5. The number of ether oxygens (including phenoxy) is 1. The number of hydrogen-bond donors (Lipinski definition) is 0. The maximum atomic E-state index is 13.4. The lowest BCUT2D eigenvalue weighted by atomic mass is 10.2. The molecule has 216 valence electrons. The van der Waals surface area contributed by atoms with Crippen molar-refractivity contribution in [3.63, 3.8) is 0 Å². The molecule has 7 heteroatoms. The lowest BCUT2D eigenvalue weighted by Crippen LogP contribution is -2.47. The fourth-order valence-corrected chi connectivity index (χ4v) is 5.68. The summed E-state index contributed by atoms with van der Waals surface area (Å²) in [6.45, 7) is 6.87. The van der Waals surface area contributed by atoms with Crippen LogP contribution in [-0.4, -0.2) is 78.9 Å². The number of likely N-dealkylation sites (tertiary alicyclic amines) is 1. The molecule has 2 heterocycles. The number of carbonyl (C=O) groups excluding carboxylic acids is 2. The summed E-state index contributed by atoms with van der Waals surface area (Å²) >= 11 is 0. The lowest BCUT2D eigenvalue weighted by molar-refractivity contribution is -0.140. The van der Waals surface area contributed by atoms with E-state index in [1.165, 1.54) is 0 Å². The molecule has 2 aliphatic rings. The second-order valence-corrected chi connectivity index (χ2v) is 11.0. The van der Waals surface area contributed by atoms with E-state index in [-0.39, 0.29) is 18.4 Å². The van der Waals surface area contributed by atoms with Gasteiger partial charge in [0.25, 0.3) is 0 Å². The van der Waals surface area contributed by atoms with Crippen LogP contribution in [0, 0.1) is 0 Å². The zero-order valence-corrected chi connectivity index (χ0v) is 24.0. The van der Waals surface area contributed by atoms with Crippen molar-refractivity contribution >= 4 is 17.5 Å². The van der Waals surface area contributed by atoms with Crippen molar-refractivity contribution < 1.29 is 14.3 Å². The molecule has 0 aliphatic carbocycles. The van der Waals surface area contributed by atoms with Crippen LogP contribution in [0.1, 0.15) is 37.7 Å². The van der Waals surface area contributed by atoms with E-state index < -0.39 is 0 Å². The summed E-state index contributed by atoms with van der Waals surface area (Å²) in [4.78, 5) is 34.6. The second-order valence-electron chi connectivity index (χ2n) is 11.0. The molecule has 2 aliphatic heterocycles. The topological polar surface area (TPSA) is 56.3 Å². The molecule has 0 aromatic heterocycles. The Hall–Kier alpha value is -3.84. The third-order valence-corrected chi connectivity index (χ3v) is 8.02. The van der Waals surface area contributed by atoms with Crippen molar-refractivity contribution in [2.45, 2.75) is 38.6 Å². The number of para-hydroxylation sites is 3. The molecular formula is C34H42N4O3. The minimum atomic E-state index is 0.0453. The Morgan fingerprint density at radius 3 is 2.27 bits per heavy atom. The van der Waals surface area contributed by atoms with Crippen LogP contribution in [0.3, 0.4) is 0 Å². The molecule has 7 nitrogen and oxygen atoms in total. The summed E-state index contributed by atoms with van der Waals surface area (Å²) in [5.41, 5.74) is 2.24. The van der Waals surface area contributed by atoms with E-state index in [1.807, 2.05) is 65.6 Å². The number of amides is 2. The molecule has 2 fully saturated rings. The number of anilines is 1. The number of rotatable bonds is 11. The van der Waals surface area contributed by atoms with E-state index in [4.69, 9.17) is 4.74 Å². The molecule has 0 N–H and O–H groups in total. The zero-order valence-electron chi connectivity index (χ0n) is 24.0. The van der Waals surface area contributed by atoms with Crippen molar-refractivity contribution in [1.82, 2.24) is 14.7 Å². The van der Waals surface area contributed by atoms with Crippen molar-refractivity contribution in [2.75, 3.05) is 57.3 Å². The fourth-order valence-electron chi connectivity index (χ4n) is 5.68. The summed E-state index contributed by atoms with van der Waals surface area (Å²) in [5, 5.41) is 0. The van der Waals surface area contributed by atoms with Gasteiger partial charge in [-0.1, -0.05) is 67.1 Å². The second kappa shape index (κ2) is 14.7. The Morgan fingerprint density at radius 1 is 0.780 bits per heavy atom. The van der Waals surface area contributed by atoms with Gasteiger partial charge >= 0.3 is 0 Å². The molecule has 0 radical (unpaired) electrons. The van der Waals surface area contributed by atoms with Gasteiger partial charge in [0.15, 0.2) is 5.75 Å². The minimum absolute atomic E-state index is 0.0453. The first kappa shape index (κ1) is 28.7. The Bertz CT molecular complexity index is 1250. The predicted molar refractivity (Wildman–Crippen MR) is 163 cm³/mol. The first-order valence-electron chi connectivity index (χ1n) is 15.0. The molecule has 0 unspecified atom stereocenters. The van der Waals surface area contributed by atoms with E-state index in [1.54, 1.807) is 4.90 Å². The summed E-state index contributed by atoms with van der Waals surface area (Å²) in [7, 11) is 0. The number of nitrogens with zero attached hydrogens (tertiary/aromatic N) is 4. The van der Waals surface area contributed by atoms with Crippen LogP contribution in [0.2, 0.25) is 0 Å². The summed E-state index contributed by atoms with van der Waals surface area (Å²) in [5.74, 6) is 1.88. The highest BCUT2D eigenvalue weighted by Crippen LogP contribution is 2.32. The zero-order chi connectivity index (χ0) is 28.3. The van der Waals surface area contributed by atoms with Gasteiger partial charge in [-0.05, 0) is 55.6 Å². The molecule has 3 aromatic rings. The monoisotopic (exact) mass is 554 g/mol. The van der Waals surface area contributed by atoms with E-state index >= 15 is 0 Å². The minimum Gasteiger partial charge on any atom is -0.455 e. The van der Waals surface area contributed by atoms with Gasteiger partial charge < -0.3 is 19.4 Å². The predicted octanol–water partition coefficient (Wildman–Crippen LogP) is 5.42. The maximum absolute atomic E-state index is 13.4. The van der Waals surface area contributed by atoms with Crippen LogP contribution in [0.5, 0.6) is 11.5 Å². The first-order chi connectivity index (χ1) is 20.2. The molecule has 3 aromatic carbocycles.